The second-order valence-electron chi connectivity index (χ2n) is 8.51. The molecule has 0 aliphatic heterocycles. The Morgan fingerprint density at radius 1 is 1.06 bits per heavy atom. The van der Waals surface area contributed by atoms with Gasteiger partial charge in [0.15, 0.2) is 0 Å². The van der Waals surface area contributed by atoms with Crippen molar-refractivity contribution in [1.82, 2.24) is 24.9 Å². The van der Waals surface area contributed by atoms with Crippen molar-refractivity contribution in [1.29, 1.82) is 0 Å². The van der Waals surface area contributed by atoms with E-state index in [1.807, 2.05) is 24.3 Å². The Morgan fingerprint density at radius 2 is 1.79 bits per heavy atom. The number of hydrogen-bond acceptors (Lipinski definition) is 4. The lowest BCUT2D eigenvalue weighted by Gasteiger charge is -2.17. The molecular formula is C26H28FN5O2. The third kappa shape index (κ3) is 5.39. The first-order chi connectivity index (χ1) is 16.4. The smallest absolute Gasteiger partial charge is 0.274 e. The fourth-order valence-corrected chi connectivity index (χ4v) is 4.01. The van der Waals surface area contributed by atoms with E-state index < -0.39 is 0 Å². The van der Waals surface area contributed by atoms with Crippen LogP contribution in [-0.4, -0.2) is 44.4 Å². The molecular weight excluding hydrogens is 433 g/mol. The van der Waals surface area contributed by atoms with Crippen LogP contribution in [0, 0.1) is 5.82 Å². The molecule has 2 aromatic heterocycles. The minimum atomic E-state index is -0.262. The van der Waals surface area contributed by atoms with Crippen molar-refractivity contribution in [3.8, 4) is 11.3 Å². The molecule has 0 radical (unpaired) electrons. The molecule has 0 unspecified atom stereocenters. The number of unbranched alkanes of at least 4 members (excludes halogenated alkanes) is 2. The lowest BCUT2D eigenvalue weighted by molar-refractivity contribution is -0.129. The van der Waals surface area contributed by atoms with Gasteiger partial charge in [-0.15, -0.1) is 0 Å². The van der Waals surface area contributed by atoms with Crippen molar-refractivity contribution in [3.63, 3.8) is 0 Å². The molecule has 4 rings (SSSR count). The maximum Gasteiger partial charge on any atom is 0.274 e. The zero-order valence-corrected chi connectivity index (χ0v) is 19.4. The number of aromatic nitrogens is 4. The molecule has 0 saturated carbocycles. The highest BCUT2D eigenvalue weighted by molar-refractivity contribution is 5.88. The third-order valence-corrected chi connectivity index (χ3v) is 5.99. The predicted molar refractivity (Wildman–Crippen MR) is 130 cm³/mol. The topological polar surface area (TPSA) is 83.9 Å². The third-order valence-electron chi connectivity index (χ3n) is 5.99. The van der Waals surface area contributed by atoms with Crippen molar-refractivity contribution >= 4 is 16.7 Å². The number of aryl methyl sites for hydroxylation is 2. The number of benzene rings is 2. The van der Waals surface area contributed by atoms with Crippen LogP contribution in [-0.2, 0) is 24.7 Å². The Balaban J connectivity index is 1.24. The van der Waals surface area contributed by atoms with Crippen LogP contribution in [0.3, 0.4) is 0 Å². The first kappa shape index (κ1) is 23.4. The molecule has 34 heavy (non-hydrogen) atoms. The van der Waals surface area contributed by atoms with Gasteiger partial charge >= 0.3 is 0 Å². The van der Waals surface area contributed by atoms with Crippen molar-refractivity contribution in [3.05, 3.63) is 82.2 Å². The van der Waals surface area contributed by atoms with Gasteiger partial charge in [-0.2, -0.15) is 10.2 Å². The number of carbonyl (C=O) groups excluding carboxylic acids is 1. The number of fused-ring (bicyclic) bond motifs is 1. The monoisotopic (exact) mass is 461 g/mol. The SMILES string of the molecule is CN(CCCCCc1cc(-c2ccc(F)cc2)n[nH]1)C(=O)Cc1nn(C)c(=O)c2ccccc12. The van der Waals surface area contributed by atoms with E-state index in [0.717, 1.165) is 48.0 Å². The first-order valence-corrected chi connectivity index (χ1v) is 11.4. The molecule has 1 N–H and O–H groups in total. The van der Waals surface area contributed by atoms with Gasteiger partial charge in [-0.05, 0) is 55.7 Å². The van der Waals surface area contributed by atoms with E-state index >= 15 is 0 Å². The molecule has 0 aliphatic carbocycles. The number of nitrogens with zero attached hydrogens (tertiary/aromatic N) is 4. The summed E-state index contributed by atoms with van der Waals surface area (Å²) in [5.41, 5.74) is 3.18. The number of amides is 1. The summed E-state index contributed by atoms with van der Waals surface area (Å²) in [6.07, 6.45) is 3.86. The fraction of sp³-hybridized carbons (Fsp3) is 0.308. The molecule has 176 valence electrons. The normalized spacial score (nSPS) is 11.1. The zero-order valence-electron chi connectivity index (χ0n) is 19.4. The van der Waals surface area contributed by atoms with Gasteiger partial charge in [0.05, 0.1) is 23.2 Å². The summed E-state index contributed by atoms with van der Waals surface area (Å²) in [5.74, 6) is -0.282. The number of hydrogen-bond donors (Lipinski definition) is 1. The summed E-state index contributed by atoms with van der Waals surface area (Å²) in [7, 11) is 3.41. The van der Waals surface area contributed by atoms with Gasteiger partial charge in [-0.25, -0.2) is 9.07 Å². The van der Waals surface area contributed by atoms with Crippen LogP contribution in [0.5, 0.6) is 0 Å². The van der Waals surface area contributed by atoms with Crippen molar-refractivity contribution in [2.45, 2.75) is 32.1 Å². The second kappa shape index (κ2) is 10.4. The Hall–Kier alpha value is -3.81. The summed E-state index contributed by atoms with van der Waals surface area (Å²) in [5, 5.41) is 13.0. The molecule has 8 heteroatoms. The largest absolute Gasteiger partial charge is 0.345 e. The van der Waals surface area contributed by atoms with E-state index in [1.54, 1.807) is 37.2 Å². The maximum absolute atomic E-state index is 13.1. The Bertz CT molecular complexity index is 1340. The van der Waals surface area contributed by atoms with Gasteiger partial charge < -0.3 is 4.90 Å². The predicted octanol–water partition coefficient (Wildman–Crippen LogP) is 3.88. The van der Waals surface area contributed by atoms with Crippen LogP contribution in [0.15, 0.2) is 59.4 Å². The van der Waals surface area contributed by atoms with E-state index in [4.69, 9.17) is 0 Å². The van der Waals surface area contributed by atoms with Crippen LogP contribution in [0.25, 0.3) is 22.0 Å². The number of aromatic amines is 1. The number of rotatable bonds is 9. The molecule has 7 nitrogen and oxygen atoms in total. The Kier molecular flexibility index (Phi) is 7.15. The van der Waals surface area contributed by atoms with Crippen LogP contribution < -0.4 is 5.56 Å². The molecule has 2 heterocycles. The van der Waals surface area contributed by atoms with Gasteiger partial charge in [0.2, 0.25) is 5.91 Å². The quantitative estimate of drug-likeness (QED) is 0.384. The highest BCUT2D eigenvalue weighted by atomic mass is 19.1. The summed E-state index contributed by atoms with van der Waals surface area (Å²) in [6, 6.07) is 15.6. The minimum Gasteiger partial charge on any atom is -0.345 e. The van der Waals surface area contributed by atoms with Crippen molar-refractivity contribution < 1.29 is 9.18 Å². The average Bonchev–Trinajstić information content (AvgIpc) is 3.31. The molecule has 2 aromatic carbocycles. The van der Waals surface area contributed by atoms with E-state index in [-0.39, 0.29) is 23.7 Å². The lowest BCUT2D eigenvalue weighted by Crippen LogP contribution is -2.30. The summed E-state index contributed by atoms with van der Waals surface area (Å²) in [4.78, 5) is 26.8. The van der Waals surface area contributed by atoms with E-state index in [9.17, 15) is 14.0 Å². The summed E-state index contributed by atoms with van der Waals surface area (Å²) < 4.78 is 14.4. The summed E-state index contributed by atoms with van der Waals surface area (Å²) in [6.45, 7) is 0.659. The van der Waals surface area contributed by atoms with E-state index in [2.05, 4.69) is 15.3 Å². The molecule has 0 atom stereocenters. The van der Waals surface area contributed by atoms with Gasteiger partial charge in [0.1, 0.15) is 5.82 Å². The van der Waals surface area contributed by atoms with Crippen molar-refractivity contribution in [2.24, 2.45) is 7.05 Å². The number of H-pyrrole nitrogens is 1. The molecule has 1 amide bonds. The number of halogens is 1. The zero-order chi connectivity index (χ0) is 24.1. The number of likely N-dealkylation sites (N-methyl/N-ethyl adjacent to an activating group) is 1. The van der Waals surface area contributed by atoms with Crippen LogP contribution in [0.2, 0.25) is 0 Å². The van der Waals surface area contributed by atoms with Gasteiger partial charge in [0, 0.05) is 37.3 Å². The minimum absolute atomic E-state index is 0.0196. The van der Waals surface area contributed by atoms with Crippen molar-refractivity contribution in [2.75, 3.05) is 13.6 Å². The molecule has 0 spiro atoms. The van der Waals surface area contributed by atoms with Crippen LogP contribution in [0.4, 0.5) is 4.39 Å². The molecule has 0 aliphatic rings. The van der Waals surface area contributed by atoms with E-state index in [0.29, 0.717) is 17.6 Å². The van der Waals surface area contributed by atoms with Crippen LogP contribution >= 0.6 is 0 Å². The highest BCUT2D eigenvalue weighted by Gasteiger charge is 2.15. The molecule has 0 fully saturated rings. The lowest BCUT2D eigenvalue weighted by atomic mass is 10.1. The first-order valence-electron chi connectivity index (χ1n) is 11.4. The average molecular weight is 462 g/mol. The second-order valence-corrected chi connectivity index (χ2v) is 8.51. The van der Waals surface area contributed by atoms with Gasteiger partial charge in [-0.1, -0.05) is 24.6 Å². The van der Waals surface area contributed by atoms with Gasteiger partial charge in [0.25, 0.3) is 5.56 Å². The number of nitrogens with one attached hydrogen (secondary N) is 1. The molecule has 0 saturated heterocycles. The highest BCUT2D eigenvalue weighted by Crippen LogP contribution is 2.19. The molecule has 4 aromatic rings. The van der Waals surface area contributed by atoms with E-state index in [1.165, 1.54) is 16.8 Å². The Labute approximate surface area is 197 Å². The fourth-order valence-electron chi connectivity index (χ4n) is 4.01. The summed E-state index contributed by atoms with van der Waals surface area (Å²) >= 11 is 0. The molecule has 0 bridgehead atoms. The number of carbonyl (C=O) groups is 1. The van der Waals surface area contributed by atoms with Crippen LogP contribution in [0.1, 0.15) is 30.7 Å². The standard InChI is InChI=1S/C26H28FN5O2/c1-31(25(33)17-24-21-9-5-6-10-22(21)26(34)32(2)30-24)15-7-3-4-8-20-16-23(29-28-20)18-11-13-19(27)14-12-18/h5-6,9-14,16H,3-4,7-8,15,17H2,1-2H3,(H,28,29). The van der Waals surface area contributed by atoms with Gasteiger partial charge in [-0.3, -0.25) is 14.7 Å². The Morgan fingerprint density at radius 3 is 2.56 bits per heavy atom. The maximum atomic E-state index is 13.1.